The highest BCUT2D eigenvalue weighted by molar-refractivity contribution is 5.22. The molecule has 14 heavy (non-hydrogen) atoms. The zero-order chi connectivity index (χ0) is 10.2. The molecule has 0 amide bonds. The SMILES string of the molecule is CC1(C)[C@@H](Oc2ccccc2)C[C@@H]1N. The van der Waals surface area contributed by atoms with Crippen LogP contribution in [0.5, 0.6) is 5.75 Å². The molecule has 76 valence electrons. The van der Waals surface area contributed by atoms with E-state index < -0.39 is 0 Å². The molecule has 1 aliphatic rings. The minimum Gasteiger partial charge on any atom is -0.490 e. The lowest BCUT2D eigenvalue weighted by Crippen LogP contribution is -2.60. The van der Waals surface area contributed by atoms with Gasteiger partial charge in [0.25, 0.3) is 0 Å². The largest absolute Gasteiger partial charge is 0.490 e. The minimum absolute atomic E-state index is 0.107. The van der Waals surface area contributed by atoms with Crippen molar-refractivity contribution < 1.29 is 4.74 Å². The molecule has 1 aliphatic carbocycles. The smallest absolute Gasteiger partial charge is 0.119 e. The van der Waals surface area contributed by atoms with E-state index in [0.29, 0.717) is 0 Å². The molecule has 2 atom stereocenters. The van der Waals surface area contributed by atoms with Crippen molar-refractivity contribution in [3.05, 3.63) is 30.3 Å². The molecule has 2 nitrogen and oxygen atoms in total. The summed E-state index contributed by atoms with van der Waals surface area (Å²) in [6.45, 7) is 4.32. The van der Waals surface area contributed by atoms with Crippen molar-refractivity contribution in [2.75, 3.05) is 0 Å². The van der Waals surface area contributed by atoms with Crippen LogP contribution in [0.15, 0.2) is 30.3 Å². The Bertz CT molecular complexity index is 307. The summed E-state index contributed by atoms with van der Waals surface area (Å²) in [5.74, 6) is 0.942. The Morgan fingerprint density at radius 3 is 2.43 bits per heavy atom. The molecule has 2 heteroatoms. The summed E-state index contributed by atoms with van der Waals surface area (Å²) in [4.78, 5) is 0. The average molecular weight is 191 g/mol. The van der Waals surface area contributed by atoms with E-state index in [1.54, 1.807) is 0 Å². The maximum absolute atomic E-state index is 5.92. The van der Waals surface area contributed by atoms with E-state index in [9.17, 15) is 0 Å². The lowest BCUT2D eigenvalue weighted by atomic mass is 9.65. The van der Waals surface area contributed by atoms with Gasteiger partial charge in [0.1, 0.15) is 11.9 Å². The number of ether oxygens (including phenoxy) is 1. The van der Waals surface area contributed by atoms with Gasteiger partial charge >= 0.3 is 0 Å². The van der Waals surface area contributed by atoms with Gasteiger partial charge in [-0.05, 0) is 12.1 Å². The molecule has 2 rings (SSSR count). The Morgan fingerprint density at radius 2 is 1.93 bits per heavy atom. The lowest BCUT2D eigenvalue weighted by molar-refractivity contribution is -0.0399. The number of hydrogen-bond donors (Lipinski definition) is 1. The maximum atomic E-state index is 5.92. The Kier molecular flexibility index (Phi) is 2.23. The van der Waals surface area contributed by atoms with Crippen molar-refractivity contribution >= 4 is 0 Å². The van der Waals surface area contributed by atoms with Crippen LogP contribution in [0.3, 0.4) is 0 Å². The van der Waals surface area contributed by atoms with E-state index in [0.717, 1.165) is 12.2 Å². The first-order valence-electron chi connectivity index (χ1n) is 5.08. The van der Waals surface area contributed by atoms with Crippen LogP contribution in [0.2, 0.25) is 0 Å². The minimum atomic E-state index is 0.107. The molecule has 0 aliphatic heterocycles. The number of rotatable bonds is 2. The van der Waals surface area contributed by atoms with Crippen molar-refractivity contribution in [2.45, 2.75) is 32.4 Å². The zero-order valence-electron chi connectivity index (χ0n) is 8.73. The van der Waals surface area contributed by atoms with Gasteiger partial charge in [0.05, 0.1) is 0 Å². The maximum Gasteiger partial charge on any atom is 0.119 e. The highest BCUT2D eigenvalue weighted by Gasteiger charge is 2.47. The summed E-state index contributed by atoms with van der Waals surface area (Å²) < 4.78 is 5.86. The van der Waals surface area contributed by atoms with E-state index in [2.05, 4.69) is 13.8 Å². The van der Waals surface area contributed by atoms with Crippen LogP contribution < -0.4 is 10.5 Å². The molecule has 0 radical (unpaired) electrons. The quantitative estimate of drug-likeness (QED) is 0.777. The van der Waals surface area contributed by atoms with Crippen molar-refractivity contribution in [1.82, 2.24) is 0 Å². The van der Waals surface area contributed by atoms with Crippen LogP contribution in [0, 0.1) is 5.41 Å². The summed E-state index contributed by atoms with van der Waals surface area (Å²) in [5.41, 5.74) is 6.03. The summed E-state index contributed by atoms with van der Waals surface area (Å²) in [5, 5.41) is 0. The van der Waals surface area contributed by atoms with Gasteiger partial charge in [-0.3, -0.25) is 0 Å². The molecule has 1 saturated carbocycles. The van der Waals surface area contributed by atoms with E-state index >= 15 is 0 Å². The molecule has 0 spiro atoms. The first kappa shape index (κ1) is 9.53. The fraction of sp³-hybridized carbons (Fsp3) is 0.500. The molecule has 0 heterocycles. The fourth-order valence-electron chi connectivity index (χ4n) is 1.78. The third kappa shape index (κ3) is 1.50. The van der Waals surface area contributed by atoms with Gasteiger partial charge in [0.15, 0.2) is 0 Å². The summed E-state index contributed by atoms with van der Waals surface area (Å²) >= 11 is 0. The predicted molar refractivity (Wildman–Crippen MR) is 57.2 cm³/mol. The van der Waals surface area contributed by atoms with Crippen molar-refractivity contribution in [3.63, 3.8) is 0 Å². The number of para-hydroxylation sites is 1. The van der Waals surface area contributed by atoms with Crippen molar-refractivity contribution in [1.29, 1.82) is 0 Å². The van der Waals surface area contributed by atoms with Gasteiger partial charge < -0.3 is 10.5 Å². The van der Waals surface area contributed by atoms with Gasteiger partial charge in [-0.2, -0.15) is 0 Å². The second-order valence-corrected chi connectivity index (χ2v) is 4.58. The van der Waals surface area contributed by atoms with Crippen LogP contribution in [0.25, 0.3) is 0 Å². The Labute approximate surface area is 85.1 Å². The zero-order valence-corrected chi connectivity index (χ0v) is 8.73. The van der Waals surface area contributed by atoms with Crippen molar-refractivity contribution in [3.8, 4) is 5.75 Å². The summed E-state index contributed by atoms with van der Waals surface area (Å²) in [6.07, 6.45) is 1.22. The van der Waals surface area contributed by atoms with Crippen LogP contribution in [0.4, 0.5) is 0 Å². The monoisotopic (exact) mass is 191 g/mol. The molecule has 1 aromatic rings. The van der Waals surface area contributed by atoms with Crippen LogP contribution in [0.1, 0.15) is 20.3 Å². The van der Waals surface area contributed by atoms with E-state index in [1.165, 1.54) is 0 Å². The molecule has 2 N–H and O–H groups in total. The third-order valence-corrected chi connectivity index (χ3v) is 3.28. The van der Waals surface area contributed by atoms with Gasteiger partial charge in [-0.1, -0.05) is 32.0 Å². The van der Waals surface area contributed by atoms with Crippen molar-refractivity contribution in [2.24, 2.45) is 11.1 Å². The summed E-state index contributed by atoms with van der Waals surface area (Å²) in [6, 6.07) is 10.2. The second-order valence-electron chi connectivity index (χ2n) is 4.58. The highest BCUT2D eigenvalue weighted by atomic mass is 16.5. The standard InChI is InChI=1S/C12H17NO/c1-12(2)10(13)8-11(12)14-9-6-4-3-5-7-9/h3-7,10-11H,8,13H2,1-2H3/t10-,11-/m0/s1. The van der Waals surface area contributed by atoms with E-state index in [1.807, 2.05) is 30.3 Å². The third-order valence-electron chi connectivity index (χ3n) is 3.28. The van der Waals surface area contributed by atoms with Crippen LogP contribution in [-0.4, -0.2) is 12.1 Å². The predicted octanol–water partition coefficient (Wildman–Crippen LogP) is 2.19. The molecule has 0 saturated heterocycles. The average Bonchev–Trinajstić information content (AvgIpc) is 2.19. The van der Waals surface area contributed by atoms with E-state index in [4.69, 9.17) is 10.5 Å². The van der Waals surface area contributed by atoms with E-state index in [-0.39, 0.29) is 17.6 Å². The summed E-state index contributed by atoms with van der Waals surface area (Å²) in [7, 11) is 0. The molecule has 0 unspecified atom stereocenters. The van der Waals surface area contributed by atoms with Gasteiger partial charge in [0, 0.05) is 17.9 Å². The lowest BCUT2D eigenvalue weighted by Gasteiger charge is -2.49. The Hall–Kier alpha value is -1.02. The Balaban J connectivity index is 2.01. The molecule has 0 bridgehead atoms. The number of hydrogen-bond acceptors (Lipinski definition) is 2. The molecule has 1 aromatic carbocycles. The number of nitrogens with two attached hydrogens (primary N) is 1. The first-order chi connectivity index (χ1) is 6.60. The second kappa shape index (κ2) is 3.28. The molecular formula is C12H17NO. The Morgan fingerprint density at radius 1 is 1.29 bits per heavy atom. The van der Waals surface area contributed by atoms with Crippen LogP contribution in [-0.2, 0) is 0 Å². The topological polar surface area (TPSA) is 35.2 Å². The molecule has 1 fully saturated rings. The first-order valence-corrected chi connectivity index (χ1v) is 5.08. The number of benzene rings is 1. The van der Waals surface area contributed by atoms with Gasteiger partial charge in [-0.15, -0.1) is 0 Å². The highest BCUT2D eigenvalue weighted by Crippen LogP contribution is 2.41. The van der Waals surface area contributed by atoms with Gasteiger partial charge in [-0.25, -0.2) is 0 Å². The molecule has 0 aromatic heterocycles. The van der Waals surface area contributed by atoms with Gasteiger partial charge in [0.2, 0.25) is 0 Å². The normalized spacial score (nSPS) is 29.4. The van der Waals surface area contributed by atoms with Crippen LogP contribution >= 0.6 is 0 Å². The fourth-order valence-corrected chi connectivity index (χ4v) is 1.78. The molecular weight excluding hydrogens is 174 g/mol.